The summed E-state index contributed by atoms with van der Waals surface area (Å²) < 4.78 is 2.43. The van der Waals surface area contributed by atoms with E-state index in [1.165, 1.54) is 17.8 Å². The molecule has 0 amide bonds. The molecule has 4 rings (SSSR count). The zero-order chi connectivity index (χ0) is 19.7. The van der Waals surface area contributed by atoms with Gasteiger partial charge >= 0.3 is 0 Å². The van der Waals surface area contributed by atoms with Crippen LogP contribution >= 0.6 is 27.3 Å². The van der Waals surface area contributed by atoms with Crippen LogP contribution in [0, 0.1) is 11.3 Å². The van der Waals surface area contributed by atoms with Crippen LogP contribution in [0.1, 0.15) is 47.0 Å². The van der Waals surface area contributed by atoms with Crippen LogP contribution in [0.3, 0.4) is 0 Å². The number of nitrogens with zero attached hydrogens (tertiary/aromatic N) is 4. The second-order valence-corrected chi connectivity index (χ2v) is 9.56. The molecule has 1 saturated heterocycles. The highest BCUT2D eigenvalue weighted by atomic mass is 79.9. The molecular weight excluding hydrogens is 436 g/mol. The fourth-order valence-corrected chi connectivity index (χ4v) is 5.02. The van der Waals surface area contributed by atoms with Gasteiger partial charge < -0.3 is 4.90 Å². The highest BCUT2D eigenvalue weighted by molar-refractivity contribution is 9.09. The zero-order valence-corrected chi connectivity index (χ0v) is 18.1. The van der Waals surface area contributed by atoms with Crippen molar-refractivity contribution in [2.75, 3.05) is 18.0 Å². The van der Waals surface area contributed by atoms with E-state index in [0.29, 0.717) is 16.8 Å². The van der Waals surface area contributed by atoms with Gasteiger partial charge in [0.1, 0.15) is 4.70 Å². The van der Waals surface area contributed by atoms with Crippen LogP contribution in [-0.4, -0.2) is 22.6 Å². The number of aromatic nitrogens is 2. The third-order valence-corrected chi connectivity index (χ3v) is 7.22. The first kappa shape index (κ1) is 19.2. The summed E-state index contributed by atoms with van der Waals surface area (Å²) in [6.07, 6.45) is 3.43. The number of halogens is 1. The minimum atomic E-state index is -0.0253. The number of rotatable bonds is 4. The Hall–Kier alpha value is -2.17. The van der Waals surface area contributed by atoms with Gasteiger partial charge in [0.25, 0.3) is 5.56 Å². The summed E-state index contributed by atoms with van der Waals surface area (Å²) in [6.45, 7) is 4.22. The van der Waals surface area contributed by atoms with Gasteiger partial charge in [0.05, 0.1) is 23.7 Å². The molecule has 0 radical (unpaired) electrons. The van der Waals surface area contributed by atoms with E-state index in [2.05, 4.69) is 33.8 Å². The van der Waals surface area contributed by atoms with Crippen molar-refractivity contribution in [3.63, 3.8) is 0 Å². The standard InChI is InChI=1S/C21H21BrN4OS/c1-14(22)18-11-17-19(28-18)20(27)26(13-16-8-4-3-7-15(16)12-23)21(24-17)25-9-5-2-6-10-25/h3-4,7-8,11,14H,2,5-6,9-10,13H2,1H3. The lowest BCUT2D eigenvalue weighted by atomic mass is 10.1. The Balaban J connectivity index is 1.89. The van der Waals surface area contributed by atoms with Crippen LogP contribution in [0.25, 0.3) is 10.2 Å². The first-order chi connectivity index (χ1) is 13.6. The quantitative estimate of drug-likeness (QED) is 0.527. The second-order valence-electron chi connectivity index (χ2n) is 7.10. The normalized spacial score (nSPS) is 15.5. The Morgan fingerprint density at radius 3 is 2.75 bits per heavy atom. The zero-order valence-electron chi connectivity index (χ0n) is 15.7. The first-order valence-electron chi connectivity index (χ1n) is 9.50. The van der Waals surface area contributed by atoms with E-state index in [9.17, 15) is 10.1 Å². The number of alkyl halides is 1. The fraction of sp³-hybridized carbons (Fsp3) is 0.381. The van der Waals surface area contributed by atoms with Gasteiger partial charge in [-0.05, 0) is 43.9 Å². The number of nitriles is 1. The third kappa shape index (κ3) is 3.59. The number of hydrogen-bond donors (Lipinski definition) is 0. The predicted molar refractivity (Wildman–Crippen MR) is 118 cm³/mol. The van der Waals surface area contributed by atoms with E-state index in [0.717, 1.165) is 47.8 Å². The molecule has 5 nitrogen and oxygen atoms in total. The molecule has 0 N–H and O–H groups in total. The van der Waals surface area contributed by atoms with Crippen LogP contribution in [-0.2, 0) is 6.54 Å². The molecule has 0 bridgehead atoms. The maximum absolute atomic E-state index is 13.4. The van der Waals surface area contributed by atoms with Crippen molar-refractivity contribution in [3.05, 3.63) is 56.7 Å². The molecule has 1 fully saturated rings. The molecule has 144 valence electrons. The Kier molecular flexibility index (Phi) is 5.51. The molecule has 0 aliphatic carbocycles. The van der Waals surface area contributed by atoms with Crippen molar-refractivity contribution >= 4 is 43.4 Å². The van der Waals surface area contributed by atoms with E-state index in [1.54, 1.807) is 10.6 Å². The molecule has 1 atom stereocenters. The van der Waals surface area contributed by atoms with Gasteiger partial charge in [0.2, 0.25) is 5.95 Å². The molecule has 1 aliphatic heterocycles. The molecule has 7 heteroatoms. The number of thiophene rings is 1. The maximum Gasteiger partial charge on any atom is 0.273 e. The minimum absolute atomic E-state index is 0.0253. The lowest BCUT2D eigenvalue weighted by molar-refractivity contribution is 0.553. The Morgan fingerprint density at radius 2 is 2.04 bits per heavy atom. The lowest BCUT2D eigenvalue weighted by Crippen LogP contribution is -2.36. The smallest absolute Gasteiger partial charge is 0.273 e. The summed E-state index contributed by atoms with van der Waals surface area (Å²) in [6, 6.07) is 11.7. The Labute approximate surface area is 176 Å². The van der Waals surface area contributed by atoms with Gasteiger partial charge in [-0.25, -0.2) is 4.98 Å². The van der Waals surface area contributed by atoms with E-state index < -0.39 is 0 Å². The highest BCUT2D eigenvalue weighted by Crippen LogP contribution is 2.32. The van der Waals surface area contributed by atoms with Gasteiger partial charge in [-0.2, -0.15) is 5.26 Å². The minimum Gasteiger partial charge on any atom is -0.342 e. The van der Waals surface area contributed by atoms with Gasteiger partial charge in [-0.1, -0.05) is 34.1 Å². The predicted octanol–water partition coefficient (Wildman–Crippen LogP) is 4.82. The van der Waals surface area contributed by atoms with Crippen LogP contribution in [0.4, 0.5) is 5.95 Å². The third-order valence-electron chi connectivity index (χ3n) is 5.13. The lowest BCUT2D eigenvalue weighted by Gasteiger charge is -2.29. The maximum atomic E-state index is 13.4. The Morgan fingerprint density at radius 1 is 1.29 bits per heavy atom. The molecule has 2 aromatic heterocycles. The highest BCUT2D eigenvalue weighted by Gasteiger charge is 2.21. The van der Waals surface area contributed by atoms with Gasteiger partial charge in [0.15, 0.2) is 0 Å². The van der Waals surface area contributed by atoms with Crippen molar-refractivity contribution < 1.29 is 0 Å². The number of anilines is 1. The van der Waals surface area contributed by atoms with Crippen molar-refractivity contribution in [1.29, 1.82) is 5.26 Å². The number of fused-ring (bicyclic) bond motifs is 1. The van der Waals surface area contributed by atoms with Crippen LogP contribution in [0.2, 0.25) is 0 Å². The van der Waals surface area contributed by atoms with Crippen molar-refractivity contribution in [2.24, 2.45) is 0 Å². The van der Waals surface area contributed by atoms with Gasteiger partial charge in [0, 0.05) is 22.8 Å². The van der Waals surface area contributed by atoms with Crippen molar-refractivity contribution in [2.45, 2.75) is 37.6 Å². The van der Waals surface area contributed by atoms with Gasteiger partial charge in [-0.15, -0.1) is 11.3 Å². The van der Waals surface area contributed by atoms with E-state index in [1.807, 2.05) is 24.3 Å². The SMILES string of the molecule is CC(Br)c1cc2nc(N3CCCCC3)n(Cc3ccccc3C#N)c(=O)c2s1. The summed E-state index contributed by atoms with van der Waals surface area (Å²) in [7, 11) is 0. The van der Waals surface area contributed by atoms with Crippen LogP contribution in [0.15, 0.2) is 35.1 Å². The van der Waals surface area contributed by atoms with Crippen LogP contribution < -0.4 is 10.5 Å². The summed E-state index contributed by atoms with van der Waals surface area (Å²) in [5, 5.41) is 9.45. The molecule has 3 aromatic rings. The Bertz CT molecular complexity index is 1110. The molecule has 0 spiro atoms. The van der Waals surface area contributed by atoms with Crippen LogP contribution in [0.5, 0.6) is 0 Å². The summed E-state index contributed by atoms with van der Waals surface area (Å²) >= 11 is 5.09. The molecule has 1 aliphatic rings. The number of hydrogen-bond acceptors (Lipinski definition) is 5. The summed E-state index contributed by atoms with van der Waals surface area (Å²) in [5.74, 6) is 0.719. The van der Waals surface area contributed by atoms with E-state index in [4.69, 9.17) is 4.98 Å². The molecule has 1 aromatic carbocycles. The van der Waals surface area contributed by atoms with Gasteiger partial charge in [-0.3, -0.25) is 9.36 Å². The molecule has 3 heterocycles. The molecular formula is C21H21BrN4OS. The van der Waals surface area contributed by atoms with E-state index >= 15 is 0 Å². The second kappa shape index (κ2) is 8.06. The topological polar surface area (TPSA) is 61.9 Å². The molecule has 1 unspecified atom stereocenters. The van der Waals surface area contributed by atoms with E-state index in [-0.39, 0.29) is 10.4 Å². The fourth-order valence-electron chi connectivity index (χ4n) is 3.63. The molecule has 0 saturated carbocycles. The summed E-state index contributed by atoms with van der Waals surface area (Å²) in [4.78, 5) is 21.8. The average Bonchev–Trinajstić information content (AvgIpc) is 3.16. The summed E-state index contributed by atoms with van der Waals surface area (Å²) in [5.41, 5.74) is 2.18. The molecule has 28 heavy (non-hydrogen) atoms. The number of piperidine rings is 1. The first-order valence-corrected chi connectivity index (χ1v) is 11.2. The monoisotopic (exact) mass is 456 g/mol. The largest absolute Gasteiger partial charge is 0.342 e. The number of benzene rings is 1. The average molecular weight is 457 g/mol. The van der Waals surface area contributed by atoms with Crippen molar-refractivity contribution in [3.8, 4) is 6.07 Å². The van der Waals surface area contributed by atoms with Crippen molar-refractivity contribution in [1.82, 2.24) is 9.55 Å².